The molecule has 0 radical (unpaired) electrons. The SMILES string of the molecule is CC(=O)N1CCN(c2ccc(NC(=S)NC(=O)Cc3ccccc3)cc2Cl)CC1. The number of hydrogen-bond acceptors (Lipinski definition) is 4. The molecule has 2 aromatic carbocycles. The summed E-state index contributed by atoms with van der Waals surface area (Å²) in [5.74, 6) is -0.0853. The zero-order valence-electron chi connectivity index (χ0n) is 16.2. The predicted molar refractivity (Wildman–Crippen MR) is 120 cm³/mol. The number of hydrogen-bond donors (Lipinski definition) is 2. The molecule has 152 valence electrons. The zero-order valence-corrected chi connectivity index (χ0v) is 17.7. The topological polar surface area (TPSA) is 64.7 Å². The van der Waals surface area contributed by atoms with Crippen molar-refractivity contribution in [1.29, 1.82) is 0 Å². The molecule has 1 heterocycles. The first-order valence-corrected chi connectivity index (χ1v) is 10.2. The molecule has 6 nitrogen and oxygen atoms in total. The van der Waals surface area contributed by atoms with Crippen molar-refractivity contribution in [3.8, 4) is 0 Å². The van der Waals surface area contributed by atoms with E-state index in [2.05, 4.69) is 15.5 Å². The predicted octanol–water partition coefficient (Wildman–Crippen LogP) is 3.06. The minimum absolute atomic E-state index is 0.0955. The van der Waals surface area contributed by atoms with Gasteiger partial charge >= 0.3 is 0 Å². The van der Waals surface area contributed by atoms with Gasteiger partial charge in [-0.25, -0.2) is 0 Å². The van der Waals surface area contributed by atoms with Crippen molar-refractivity contribution < 1.29 is 9.59 Å². The first-order valence-electron chi connectivity index (χ1n) is 9.37. The van der Waals surface area contributed by atoms with Gasteiger partial charge in [0.2, 0.25) is 11.8 Å². The number of nitrogens with one attached hydrogen (secondary N) is 2. The van der Waals surface area contributed by atoms with E-state index in [1.54, 1.807) is 13.0 Å². The fourth-order valence-electron chi connectivity index (χ4n) is 3.22. The highest BCUT2D eigenvalue weighted by Crippen LogP contribution is 2.29. The van der Waals surface area contributed by atoms with E-state index >= 15 is 0 Å². The molecular weight excluding hydrogens is 408 g/mol. The third kappa shape index (κ3) is 5.92. The van der Waals surface area contributed by atoms with Crippen LogP contribution in [-0.2, 0) is 16.0 Å². The highest BCUT2D eigenvalue weighted by Gasteiger charge is 2.20. The largest absolute Gasteiger partial charge is 0.367 e. The molecule has 0 atom stereocenters. The van der Waals surface area contributed by atoms with Crippen molar-refractivity contribution >= 4 is 52.1 Å². The number of benzene rings is 2. The average molecular weight is 431 g/mol. The van der Waals surface area contributed by atoms with Gasteiger partial charge in [0.05, 0.1) is 17.1 Å². The molecule has 1 aliphatic rings. The molecule has 0 bridgehead atoms. The van der Waals surface area contributed by atoms with Crippen LogP contribution in [0.4, 0.5) is 11.4 Å². The highest BCUT2D eigenvalue weighted by molar-refractivity contribution is 7.80. The Morgan fingerprint density at radius 2 is 1.76 bits per heavy atom. The monoisotopic (exact) mass is 430 g/mol. The van der Waals surface area contributed by atoms with Gasteiger partial charge < -0.3 is 20.4 Å². The maximum atomic E-state index is 12.1. The van der Waals surface area contributed by atoms with E-state index in [0.29, 0.717) is 23.8 Å². The van der Waals surface area contributed by atoms with E-state index in [4.69, 9.17) is 23.8 Å². The molecular formula is C21H23ClN4O2S. The van der Waals surface area contributed by atoms with Gasteiger partial charge in [-0.05, 0) is 36.0 Å². The van der Waals surface area contributed by atoms with Gasteiger partial charge in [-0.3, -0.25) is 9.59 Å². The zero-order chi connectivity index (χ0) is 20.8. The number of nitrogens with zero attached hydrogens (tertiary/aromatic N) is 2. The first-order chi connectivity index (χ1) is 13.9. The van der Waals surface area contributed by atoms with E-state index in [9.17, 15) is 9.59 Å². The molecule has 0 unspecified atom stereocenters. The van der Waals surface area contributed by atoms with Gasteiger partial charge in [0.15, 0.2) is 5.11 Å². The molecule has 3 rings (SSSR count). The van der Waals surface area contributed by atoms with E-state index < -0.39 is 0 Å². The normalized spacial score (nSPS) is 13.7. The fourth-order valence-corrected chi connectivity index (χ4v) is 3.75. The van der Waals surface area contributed by atoms with Crippen LogP contribution in [0.2, 0.25) is 5.02 Å². The van der Waals surface area contributed by atoms with Crippen LogP contribution in [0.3, 0.4) is 0 Å². The molecule has 0 aliphatic carbocycles. The van der Waals surface area contributed by atoms with Crippen molar-refractivity contribution in [1.82, 2.24) is 10.2 Å². The summed E-state index contributed by atoms with van der Waals surface area (Å²) in [6.07, 6.45) is 0.259. The van der Waals surface area contributed by atoms with Crippen LogP contribution in [-0.4, -0.2) is 48.0 Å². The smallest absolute Gasteiger partial charge is 0.230 e. The van der Waals surface area contributed by atoms with Gasteiger partial charge in [0.25, 0.3) is 0 Å². The summed E-state index contributed by atoms with van der Waals surface area (Å²) < 4.78 is 0. The van der Waals surface area contributed by atoms with Crippen molar-refractivity contribution in [2.24, 2.45) is 0 Å². The number of piperazine rings is 1. The van der Waals surface area contributed by atoms with Crippen LogP contribution in [0.25, 0.3) is 0 Å². The quantitative estimate of drug-likeness (QED) is 0.730. The molecule has 0 saturated carbocycles. The Balaban J connectivity index is 1.54. The minimum Gasteiger partial charge on any atom is -0.367 e. The highest BCUT2D eigenvalue weighted by atomic mass is 35.5. The number of amides is 2. The Labute approximate surface area is 180 Å². The van der Waals surface area contributed by atoms with Crippen LogP contribution in [0.15, 0.2) is 48.5 Å². The van der Waals surface area contributed by atoms with E-state index in [-0.39, 0.29) is 23.3 Å². The molecule has 1 fully saturated rings. The number of carbonyl (C=O) groups excluding carboxylic acids is 2. The lowest BCUT2D eigenvalue weighted by Gasteiger charge is -2.36. The van der Waals surface area contributed by atoms with E-state index in [1.165, 1.54) is 0 Å². The van der Waals surface area contributed by atoms with E-state index in [0.717, 1.165) is 24.3 Å². The third-order valence-electron chi connectivity index (χ3n) is 4.73. The Bertz CT molecular complexity index is 899. The van der Waals surface area contributed by atoms with Crippen LogP contribution < -0.4 is 15.5 Å². The number of carbonyl (C=O) groups is 2. The summed E-state index contributed by atoms with van der Waals surface area (Å²) in [5, 5.41) is 6.49. The molecule has 8 heteroatoms. The van der Waals surface area contributed by atoms with Gasteiger partial charge in [-0.2, -0.15) is 0 Å². The summed E-state index contributed by atoms with van der Waals surface area (Å²) in [7, 11) is 0. The van der Waals surface area contributed by atoms with Gasteiger partial charge in [-0.15, -0.1) is 0 Å². The summed E-state index contributed by atoms with van der Waals surface area (Å²) in [6, 6.07) is 15.0. The van der Waals surface area contributed by atoms with Crippen LogP contribution in [0, 0.1) is 0 Å². The van der Waals surface area contributed by atoms with Crippen LogP contribution in [0.1, 0.15) is 12.5 Å². The van der Waals surface area contributed by atoms with Crippen molar-refractivity contribution in [3.63, 3.8) is 0 Å². The number of anilines is 2. The average Bonchev–Trinajstić information content (AvgIpc) is 2.68. The van der Waals surface area contributed by atoms with Crippen molar-refractivity contribution in [3.05, 3.63) is 59.1 Å². The molecule has 2 aromatic rings. The lowest BCUT2D eigenvalue weighted by molar-refractivity contribution is -0.129. The Morgan fingerprint density at radius 1 is 1.07 bits per heavy atom. The molecule has 2 amide bonds. The summed E-state index contributed by atoms with van der Waals surface area (Å²) in [5.41, 5.74) is 2.54. The Hall–Kier alpha value is -2.64. The molecule has 29 heavy (non-hydrogen) atoms. The number of thiocarbonyl (C=S) groups is 1. The fraction of sp³-hybridized carbons (Fsp3) is 0.286. The second-order valence-corrected chi connectivity index (χ2v) is 7.64. The summed E-state index contributed by atoms with van der Waals surface area (Å²) in [4.78, 5) is 27.6. The summed E-state index contributed by atoms with van der Waals surface area (Å²) in [6.45, 7) is 4.43. The van der Waals surface area contributed by atoms with Crippen molar-refractivity contribution in [2.75, 3.05) is 36.4 Å². The molecule has 1 saturated heterocycles. The number of rotatable bonds is 4. The van der Waals surface area contributed by atoms with Crippen LogP contribution >= 0.6 is 23.8 Å². The van der Waals surface area contributed by atoms with Crippen molar-refractivity contribution in [2.45, 2.75) is 13.3 Å². The standard InChI is InChI=1S/C21H23ClN4O2S/c1-15(27)25-9-11-26(12-10-25)19-8-7-17(14-18(19)22)23-21(29)24-20(28)13-16-5-3-2-4-6-16/h2-8,14H,9-13H2,1H3,(H2,23,24,28,29). The first kappa shape index (κ1) is 21.1. The van der Waals surface area contributed by atoms with Gasteiger partial charge in [0, 0.05) is 38.8 Å². The van der Waals surface area contributed by atoms with Gasteiger partial charge in [0.1, 0.15) is 0 Å². The molecule has 0 aromatic heterocycles. The second-order valence-electron chi connectivity index (χ2n) is 6.82. The molecule has 2 N–H and O–H groups in total. The maximum absolute atomic E-state index is 12.1. The lowest BCUT2D eigenvalue weighted by Crippen LogP contribution is -2.48. The van der Waals surface area contributed by atoms with Gasteiger partial charge in [-0.1, -0.05) is 41.9 Å². The second kappa shape index (κ2) is 9.71. The van der Waals surface area contributed by atoms with E-state index in [1.807, 2.05) is 47.4 Å². The summed E-state index contributed by atoms with van der Waals surface area (Å²) >= 11 is 11.7. The Morgan fingerprint density at radius 3 is 2.38 bits per heavy atom. The number of halogens is 1. The molecule has 1 aliphatic heterocycles. The lowest BCUT2D eigenvalue weighted by atomic mass is 10.1. The molecule has 0 spiro atoms. The maximum Gasteiger partial charge on any atom is 0.230 e. The Kier molecular flexibility index (Phi) is 7.06. The third-order valence-corrected chi connectivity index (χ3v) is 5.24. The van der Waals surface area contributed by atoms with Crippen LogP contribution in [0.5, 0.6) is 0 Å². The minimum atomic E-state index is -0.181.